The van der Waals surface area contributed by atoms with Crippen LogP contribution in [0.3, 0.4) is 0 Å². The molecule has 1 N–H and O–H groups in total. The number of aliphatic hydroxyl groups is 1. The Morgan fingerprint density at radius 1 is 1.28 bits per heavy atom. The minimum atomic E-state index is -4.48. The molecule has 7 heteroatoms. The van der Waals surface area contributed by atoms with Crippen LogP contribution in [-0.4, -0.2) is 14.9 Å². The van der Waals surface area contributed by atoms with E-state index in [-0.39, 0.29) is 11.6 Å². The molecule has 0 aliphatic carbocycles. The lowest BCUT2D eigenvalue weighted by molar-refractivity contribution is -0.141. The molecular formula is C11H8ClF3N2O. The van der Waals surface area contributed by atoms with Gasteiger partial charge in [0.05, 0.1) is 17.3 Å². The first-order valence-electron chi connectivity index (χ1n) is 4.94. The number of nitrogens with zero attached hydrogens (tertiary/aromatic N) is 2. The quantitative estimate of drug-likeness (QED) is 0.915. The molecule has 1 aromatic heterocycles. The molecule has 0 saturated carbocycles. The molecule has 0 saturated heterocycles. The van der Waals surface area contributed by atoms with Gasteiger partial charge < -0.3 is 5.11 Å². The van der Waals surface area contributed by atoms with Gasteiger partial charge in [0.2, 0.25) is 0 Å². The largest absolute Gasteiger partial charge is 0.435 e. The Morgan fingerprint density at radius 3 is 2.50 bits per heavy atom. The van der Waals surface area contributed by atoms with Crippen molar-refractivity contribution >= 4 is 11.6 Å². The summed E-state index contributed by atoms with van der Waals surface area (Å²) in [6.45, 7) is -0.188. The Balaban J connectivity index is 2.40. The molecule has 18 heavy (non-hydrogen) atoms. The SMILES string of the molecule is OCc1ccc(-n2ccc(C(F)(F)F)n2)c(Cl)c1. The number of aliphatic hydroxyl groups excluding tert-OH is 1. The van der Waals surface area contributed by atoms with E-state index in [1.807, 2.05) is 0 Å². The highest BCUT2D eigenvalue weighted by molar-refractivity contribution is 6.32. The molecule has 1 heterocycles. The van der Waals surface area contributed by atoms with Crippen molar-refractivity contribution in [1.82, 2.24) is 9.78 Å². The van der Waals surface area contributed by atoms with E-state index in [2.05, 4.69) is 5.10 Å². The fraction of sp³-hybridized carbons (Fsp3) is 0.182. The normalized spacial score (nSPS) is 11.8. The highest BCUT2D eigenvalue weighted by Gasteiger charge is 2.33. The first kappa shape index (κ1) is 12.9. The third-order valence-electron chi connectivity index (χ3n) is 2.32. The van der Waals surface area contributed by atoms with Gasteiger partial charge in [0.15, 0.2) is 5.69 Å². The van der Waals surface area contributed by atoms with E-state index >= 15 is 0 Å². The molecule has 2 aromatic rings. The zero-order chi connectivity index (χ0) is 13.3. The maximum Gasteiger partial charge on any atom is 0.435 e. The highest BCUT2D eigenvalue weighted by atomic mass is 35.5. The van der Waals surface area contributed by atoms with Crippen LogP contribution in [0.25, 0.3) is 5.69 Å². The fourth-order valence-electron chi connectivity index (χ4n) is 1.44. The van der Waals surface area contributed by atoms with Crippen LogP contribution in [0.15, 0.2) is 30.5 Å². The number of rotatable bonds is 2. The van der Waals surface area contributed by atoms with Gasteiger partial charge in [-0.2, -0.15) is 18.3 Å². The fourth-order valence-corrected chi connectivity index (χ4v) is 1.73. The lowest BCUT2D eigenvalue weighted by atomic mass is 10.2. The van der Waals surface area contributed by atoms with Gasteiger partial charge in [-0.3, -0.25) is 0 Å². The molecule has 0 bridgehead atoms. The molecule has 3 nitrogen and oxygen atoms in total. The number of hydrogen-bond donors (Lipinski definition) is 1. The molecule has 0 aliphatic rings. The predicted octanol–water partition coefficient (Wildman–Crippen LogP) is 3.04. The van der Waals surface area contributed by atoms with E-state index in [1.165, 1.54) is 18.3 Å². The number of benzene rings is 1. The zero-order valence-corrected chi connectivity index (χ0v) is 9.70. The summed E-state index contributed by atoms with van der Waals surface area (Å²) in [4.78, 5) is 0. The summed E-state index contributed by atoms with van der Waals surface area (Å²) in [5.74, 6) is 0. The first-order chi connectivity index (χ1) is 8.41. The maximum atomic E-state index is 12.4. The summed E-state index contributed by atoms with van der Waals surface area (Å²) < 4.78 is 38.2. The van der Waals surface area contributed by atoms with Crippen LogP contribution >= 0.6 is 11.6 Å². The summed E-state index contributed by atoms with van der Waals surface area (Å²) in [6.07, 6.45) is -3.30. The van der Waals surface area contributed by atoms with Gasteiger partial charge in [-0.25, -0.2) is 4.68 Å². The molecule has 0 spiro atoms. The molecule has 96 valence electrons. The molecular weight excluding hydrogens is 269 g/mol. The molecule has 0 amide bonds. The van der Waals surface area contributed by atoms with Crippen molar-refractivity contribution in [3.05, 3.63) is 46.7 Å². The second-order valence-electron chi connectivity index (χ2n) is 3.59. The molecule has 0 radical (unpaired) electrons. The van der Waals surface area contributed by atoms with Gasteiger partial charge in [0.25, 0.3) is 0 Å². The van der Waals surface area contributed by atoms with Gasteiger partial charge >= 0.3 is 6.18 Å². The number of alkyl halides is 3. The van der Waals surface area contributed by atoms with E-state index in [4.69, 9.17) is 16.7 Å². The average Bonchev–Trinajstić information content (AvgIpc) is 2.77. The lowest BCUT2D eigenvalue weighted by Crippen LogP contribution is -2.07. The average molecular weight is 277 g/mol. The van der Waals surface area contributed by atoms with Crippen molar-refractivity contribution in [2.24, 2.45) is 0 Å². The van der Waals surface area contributed by atoms with E-state index < -0.39 is 11.9 Å². The Bertz CT molecular complexity index is 566. The zero-order valence-electron chi connectivity index (χ0n) is 8.95. The maximum absolute atomic E-state index is 12.4. The van der Waals surface area contributed by atoms with Crippen LogP contribution in [-0.2, 0) is 12.8 Å². The van der Waals surface area contributed by atoms with Crippen LogP contribution in [0, 0.1) is 0 Å². The molecule has 2 rings (SSSR count). The van der Waals surface area contributed by atoms with Crippen molar-refractivity contribution in [3.63, 3.8) is 0 Å². The monoisotopic (exact) mass is 276 g/mol. The van der Waals surface area contributed by atoms with Crippen molar-refractivity contribution < 1.29 is 18.3 Å². The lowest BCUT2D eigenvalue weighted by Gasteiger charge is -2.06. The standard InChI is InChI=1S/C11H8ClF3N2O/c12-8-5-7(6-18)1-2-9(8)17-4-3-10(16-17)11(13,14)15/h1-5,18H,6H2. The van der Waals surface area contributed by atoms with Gasteiger partial charge in [-0.1, -0.05) is 17.7 Å². The van der Waals surface area contributed by atoms with Crippen molar-refractivity contribution in [1.29, 1.82) is 0 Å². The topological polar surface area (TPSA) is 38.0 Å². The molecule has 0 atom stereocenters. The van der Waals surface area contributed by atoms with Crippen LogP contribution in [0.5, 0.6) is 0 Å². The summed E-state index contributed by atoms with van der Waals surface area (Å²) in [5, 5.41) is 12.5. The van der Waals surface area contributed by atoms with Gasteiger partial charge in [-0.15, -0.1) is 0 Å². The van der Waals surface area contributed by atoms with Crippen molar-refractivity contribution in [2.75, 3.05) is 0 Å². The Kier molecular flexibility index (Phi) is 3.32. The molecule has 0 aliphatic heterocycles. The van der Waals surface area contributed by atoms with Crippen molar-refractivity contribution in [3.8, 4) is 5.69 Å². The van der Waals surface area contributed by atoms with Gasteiger partial charge in [0, 0.05) is 6.20 Å². The smallest absolute Gasteiger partial charge is 0.392 e. The first-order valence-corrected chi connectivity index (χ1v) is 5.32. The van der Waals surface area contributed by atoms with Crippen molar-refractivity contribution in [2.45, 2.75) is 12.8 Å². The Morgan fingerprint density at radius 2 is 2.00 bits per heavy atom. The van der Waals surface area contributed by atoms with Crippen LogP contribution in [0.1, 0.15) is 11.3 Å². The van der Waals surface area contributed by atoms with E-state index in [0.717, 1.165) is 10.7 Å². The Labute approximate surface area is 105 Å². The van der Waals surface area contributed by atoms with Gasteiger partial charge in [-0.05, 0) is 23.8 Å². The van der Waals surface area contributed by atoms with Crippen LogP contribution in [0.2, 0.25) is 5.02 Å². The minimum Gasteiger partial charge on any atom is -0.392 e. The Hall–Kier alpha value is -1.53. The number of aromatic nitrogens is 2. The number of halogens is 4. The predicted molar refractivity (Wildman–Crippen MR) is 59.5 cm³/mol. The van der Waals surface area contributed by atoms with Gasteiger partial charge in [0.1, 0.15) is 0 Å². The second kappa shape index (κ2) is 4.62. The minimum absolute atomic E-state index is 0.188. The summed E-state index contributed by atoms with van der Waals surface area (Å²) in [5.41, 5.74) is -0.0823. The summed E-state index contributed by atoms with van der Waals surface area (Å²) in [6, 6.07) is 5.42. The highest BCUT2D eigenvalue weighted by Crippen LogP contribution is 2.29. The summed E-state index contributed by atoms with van der Waals surface area (Å²) in [7, 11) is 0. The molecule has 0 fully saturated rings. The molecule has 0 unspecified atom stereocenters. The number of hydrogen-bond acceptors (Lipinski definition) is 2. The third-order valence-corrected chi connectivity index (χ3v) is 2.62. The van der Waals surface area contributed by atoms with Crippen LogP contribution in [0.4, 0.5) is 13.2 Å². The molecule has 1 aromatic carbocycles. The van der Waals surface area contributed by atoms with Crippen LogP contribution < -0.4 is 0 Å². The summed E-state index contributed by atoms with van der Waals surface area (Å²) >= 11 is 5.91. The van der Waals surface area contributed by atoms with E-state index in [9.17, 15) is 13.2 Å². The van der Waals surface area contributed by atoms with E-state index in [1.54, 1.807) is 6.07 Å². The van der Waals surface area contributed by atoms with E-state index in [0.29, 0.717) is 11.3 Å². The third kappa shape index (κ3) is 2.49. The second-order valence-corrected chi connectivity index (χ2v) is 3.99.